The van der Waals surface area contributed by atoms with Gasteiger partial charge < -0.3 is 10.4 Å². The summed E-state index contributed by atoms with van der Waals surface area (Å²) in [6, 6.07) is 6.48. The number of amides is 1. The highest BCUT2D eigenvalue weighted by Crippen LogP contribution is 2.21. The van der Waals surface area contributed by atoms with Crippen molar-refractivity contribution in [2.75, 3.05) is 5.32 Å². The fraction of sp³-hybridized carbons (Fsp3) is 0. The number of carbonyl (C=O) groups is 2. The first-order valence-corrected chi connectivity index (χ1v) is 7.00. The quantitative estimate of drug-likeness (QED) is 0.826. The third-order valence-electron chi connectivity index (χ3n) is 2.37. The molecule has 102 valence electrons. The number of carboxylic acids is 1. The van der Waals surface area contributed by atoms with Crippen LogP contribution < -0.4 is 5.32 Å². The largest absolute Gasteiger partial charge is 0.478 e. The Morgan fingerprint density at radius 3 is 2.25 bits per heavy atom. The van der Waals surface area contributed by atoms with Crippen LogP contribution in [0, 0.1) is 0 Å². The molecule has 0 spiro atoms. The van der Waals surface area contributed by atoms with Gasteiger partial charge in [0, 0.05) is 20.7 Å². The molecule has 0 saturated carbocycles. The minimum absolute atomic E-state index is 0.0122. The Labute approximate surface area is 131 Å². The molecule has 1 amide bonds. The molecule has 0 radical (unpaired) electrons. The van der Waals surface area contributed by atoms with Crippen LogP contribution in [0.4, 0.5) is 5.69 Å². The number of hydrogen-bond donors (Lipinski definition) is 2. The Hall–Kier alpha value is -1.73. The molecule has 0 aliphatic heterocycles. The van der Waals surface area contributed by atoms with Crippen LogP contribution in [0.15, 0.2) is 45.6 Å². The molecule has 1 aromatic heterocycles. The van der Waals surface area contributed by atoms with E-state index >= 15 is 0 Å². The van der Waals surface area contributed by atoms with Crippen molar-refractivity contribution in [3.05, 3.63) is 56.7 Å². The molecule has 2 rings (SSSR count). The van der Waals surface area contributed by atoms with Crippen LogP contribution in [0.2, 0.25) is 0 Å². The molecule has 0 fully saturated rings. The van der Waals surface area contributed by atoms with E-state index in [0.717, 1.165) is 8.95 Å². The van der Waals surface area contributed by atoms with Gasteiger partial charge in [-0.1, -0.05) is 31.9 Å². The summed E-state index contributed by atoms with van der Waals surface area (Å²) >= 11 is 6.59. The summed E-state index contributed by atoms with van der Waals surface area (Å²) in [5.41, 5.74) is 0.774. The Morgan fingerprint density at radius 1 is 1.00 bits per heavy atom. The van der Waals surface area contributed by atoms with E-state index in [-0.39, 0.29) is 11.5 Å². The number of aromatic nitrogens is 1. The Balaban J connectivity index is 2.23. The molecule has 2 aromatic rings. The normalized spacial score (nSPS) is 10.1. The number of benzene rings is 1. The number of rotatable bonds is 3. The van der Waals surface area contributed by atoms with E-state index in [1.54, 1.807) is 12.1 Å². The van der Waals surface area contributed by atoms with Crippen molar-refractivity contribution >= 4 is 49.4 Å². The molecular formula is C13H8Br2N2O3. The summed E-state index contributed by atoms with van der Waals surface area (Å²) in [5.74, 6) is -1.45. The number of anilines is 1. The summed E-state index contributed by atoms with van der Waals surface area (Å²) in [5, 5.41) is 11.5. The molecule has 1 aromatic carbocycles. The zero-order chi connectivity index (χ0) is 14.7. The van der Waals surface area contributed by atoms with Crippen LogP contribution in [0.3, 0.4) is 0 Å². The highest BCUT2D eigenvalue weighted by atomic mass is 79.9. The maximum absolute atomic E-state index is 12.1. The molecule has 0 saturated heterocycles. The first kappa shape index (κ1) is 14.7. The first-order chi connectivity index (χ1) is 9.45. The van der Waals surface area contributed by atoms with Gasteiger partial charge in [0.1, 0.15) is 0 Å². The van der Waals surface area contributed by atoms with Crippen molar-refractivity contribution in [3.63, 3.8) is 0 Å². The van der Waals surface area contributed by atoms with Crippen molar-refractivity contribution in [1.29, 1.82) is 0 Å². The van der Waals surface area contributed by atoms with E-state index in [0.29, 0.717) is 11.3 Å². The SMILES string of the molecule is O=C(O)c1cncc(NC(=O)c2cc(Br)cc(Br)c2)c1. The summed E-state index contributed by atoms with van der Waals surface area (Å²) in [4.78, 5) is 26.7. The number of carbonyl (C=O) groups excluding carboxylic acids is 1. The standard InChI is InChI=1S/C13H8Br2N2O3/c14-9-1-7(2-10(15)4-9)12(18)17-11-3-8(13(19)20)5-16-6-11/h1-6H,(H,17,18)(H,19,20). The molecule has 2 N–H and O–H groups in total. The van der Waals surface area contributed by atoms with Gasteiger partial charge in [-0.2, -0.15) is 0 Å². The molecule has 5 nitrogen and oxygen atoms in total. The topological polar surface area (TPSA) is 79.3 Å². The molecular weight excluding hydrogens is 392 g/mol. The highest BCUT2D eigenvalue weighted by molar-refractivity contribution is 9.11. The van der Waals surface area contributed by atoms with Crippen molar-refractivity contribution < 1.29 is 14.7 Å². The lowest BCUT2D eigenvalue weighted by Crippen LogP contribution is -2.12. The second kappa shape index (κ2) is 6.15. The van der Waals surface area contributed by atoms with Gasteiger partial charge in [-0.05, 0) is 24.3 Å². The molecule has 7 heteroatoms. The molecule has 0 aliphatic carbocycles. The lowest BCUT2D eigenvalue weighted by Gasteiger charge is -2.06. The fourth-order valence-corrected chi connectivity index (χ4v) is 2.81. The van der Waals surface area contributed by atoms with Crippen molar-refractivity contribution in [3.8, 4) is 0 Å². The van der Waals surface area contributed by atoms with Crippen LogP contribution >= 0.6 is 31.9 Å². The third kappa shape index (κ3) is 3.64. The molecule has 1 heterocycles. The highest BCUT2D eigenvalue weighted by Gasteiger charge is 2.10. The third-order valence-corrected chi connectivity index (χ3v) is 3.28. The van der Waals surface area contributed by atoms with Crippen molar-refractivity contribution in [2.45, 2.75) is 0 Å². The van der Waals surface area contributed by atoms with Gasteiger partial charge in [0.05, 0.1) is 17.4 Å². The van der Waals surface area contributed by atoms with E-state index in [2.05, 4.69) is 42.2 Å². The predicted octanol–water partition coefficient (Wildman–Crippen LogP) is 3.56. The Kier molecular flexibility index (Phi) is 4.51. The van der Waals surface area contributed by atoms with Crippen LogP contribution in [-0.2, 0) is 0 Å². The molecule has 0 unspecified atom stereocenters. The summed E-state index contributed by atoms with van der Waals surface area (Å²) in [6.45, 7) is 0. The lowest BCUT2D eigenvalue weighted by molar-refractivity contribution is 0.0696. The maximum Gasteiger partial charge on any atom is 0.337 e. The van der Waals surface area contributed by atoms with Gasteiger partial charge in [0.15, 0.2) is 0 Å². The zero-order valence-electron chi connectivity index (χ0n) is 9.93. The van der Waals surface area contributed by atoms with E-state index in [1.165, 1.54) is 18.5 Å². The number of aromatic carboxylic acids is 1. The minimum atomic E-state index is -1.10. The molecule has 20 heavy (non-hydrogen) atoms. The van der Waals surface area contributed by atoms with Gasteiger partial charge in [0.25, 0.3) is 5.91 Å². The van der Waals surface area contributed by atoms with Gasteiger partial charge in [0.2, 0.25) is 0 Å². The number of halogens is 2. The van der Waals surface area contributed by atoms with Gasteiger partial charge in [-0.25, -0.2) is 4.79 Å². The smallest absolute Gasteiger partial charge is 0.337 e. The van der Waals surface area contributed by atoms with Gasteiger partial charge in [-0.3, -0.25) is 9.78 Å². The van der Waals surface area contributed by atoms with E-state index in [4.69, 9.17) is 5.11 Å². The number of nitrogens with one attached hydrogen (secondary N) is 1. The average molecular weight is 400 g/mol. The summed E-state index contributed by atoms with van der Waals surface area (Å²) < 4.78 is 1.52. The van der Waals surface area contributed by atoms with Crippen LogP contribution in [-0.4, -0.2) is 22.0 Å². The fourth-order valence-electron chi connectivity index (χ4n) is 1.51. The predicted molar refractivity (Wildman–Crippen MR) is 81.0 cm³/mol. The second-order valence-electron chi connectivity index (χ2n) is 3.88. The number of nitrogens with zero attached hydrogens (tertiary/aromatic N) is 1. The lowest BCUT2D eigenvalue weighted by atomic mass is 10.2. The number of pyridine rings is 1. The van der Waals surface area contributed by atoms with Gasteiger partial charge in [-0.15, -0.1) is 0 Å². The van der Waals surface area contributed by atoms with E-state index in [1.807, 2.05) is 6.07 Å². The van der Waals surface area contributed by atoms with Crippen LogP contribution in [0.25, 0.3) is 0 Å². The molecule has 0 aliphatic rings. The van der Waals surface area contributed by atoms with Gasteiger partial charge >= 0.3 is 5.97 Å². The average Bonchev–Trinajstić information content (AvgIpc) is 2.37. The van der Waals surface area contributed by atoms with E-state index in [9.17, 15) is 9.59 Å². The Bertz CT molecular complexity index is 669. The molecule has 0 atom stereocenters. The zero-order valence-corrected chi connectivity index (χ0v) is 13.1. The number of hydrogen-bond acceptors (Lipinski definition) is 3. The van der Waals surface area contributed by atoms with Crippen molar-refractivity contribution in [1.82, 2.24) is 4.98 Å². The minimum Gasteiger partial charge on any atom is -0.478 e. The summed E-state index contributed by atoms with van der Waals surface area (Å²) in [6.07, 6.45) is 2.60. The summed E-state index contributed by atoms with van der Waals surface area (Å²) in [7, 11) is 0. The molecule has 0 bridgehead atoms. The maximum atomic E-state index is 12.1. The van der Waals surface area contributed by atoms with Crippen molar-refractivity contribution in [2.24, 2.45) is 0 Å². The van der Waals surface area contributed by atoms with Crippen LogP contribution in [0.1, 0.15) is 20.7 Å². The number of carboxylic acid groups (broad SMARTS) is 1. The monoisotopic (exact) mass is 398 g/mol. The first-order valence-electron chi connectivity index (χ1n) is 5.41. The second-order valence-corrected chi connectivity index (χ2v) is 5.71. The Morgan fingerprint density at radius 2 is 1.65 bits per heavy atom. The van der Waals surface area contributed by atoms with Crippen LogP contribution in [0.5, 0.6) is 0 Å². The van der Waals surface area contributed by atoms with E-state index < -0.39 is 5.97 Å².